The van der Waals surface area contributed by atoms with Crippen LogP contribution in [0.5, 0.6) is 11.5 Å². The van der Waals surface area contributed by atoms with E-state index in [4.69, 9.17) is 9.47 Å². The van der Waals surface area contributed by atoms with E-state index in [1.165, 1.54) is 0 Å². The molecule has 0 amide bonds. The minimum Gasteiger partial charge on any atom is -0.477 e. The predicted molar refractivity (Wildman–Crippen MR) is 47.8 cm³/mol. The van der Waals surface area contributed by atoms with Crippen molar-refractivity contribution in [3.8, 4) is 11.5 Å². The lowest BCUT2D eigenvalue weighted by atomic mass is 10.1. The van der Waals surface area contributed by atoms with Gasteiger partial charge in [-0.05, 0) is 26.0 Å². The van der Waals surface area contributed by atoms with E-state index in [-0.39, 0.29) is 0 Å². The van der Waals surface area contributed by atoms with Crippen LogP contribution >= 0.6 is 0 Å². The molecule has 3 heteroatoms. The molecule has 0 fully saturated rings. The van der Waals surface area contributed by atoms with Gasteiger partial charge in [-0.3, -0.25) is 0 Å². The fourth-order valence-electron chi connectivity index (χ4n) is 1.23. The zero-order valence-corrected chi connectivity index (χ0v) is 7.65. The van der Waals surface area contributed by atoms with Gasteiger partial charge in [0.15, 0.2) is 17.1 Å². The van der Waals surface area contributed by atoms with Crippen LogP contribution in [0.1, 0.15) is 13.8 Å². The zero-order chi connectivity index (χ0) is 9.47. The molecule has 0 aliphatic carbocycles. The first-order valence-corrected chi connectivity index (χ1v) is 4.22. The molecule has 0 unspecified atom stereocenters. The number of rotatable bonds is 0. The number of aliphatic hydroxyl groups is 1. The molecule has 0 radical (unpaired) electrons. The lowest BCUT2D eigenvalue weighted by molar-refractivity contribution is -0.157. The van der Waals surface area contributed by atoms with E-state index >= 15 is 0 Å². The van der Waals surface area contributed by atoms with Gasteiger partial charge in [0.25, 0.3) is 0 Å². The first-order valence-electron chi connectivity index (χ1n) is 4.22. The Hall–Kier alpha value is -1.22. The summed E-state index contributed by atoms with van der Waals surface area (Å²) in [5.74, 6) is 1.27. The highest BCUT2D eigenvalue weighted by Gasteiger charge is 2.37. The maximum atomic E-state index is 9.54. The zero-order valence-electron chi connectivity index (χ0n) is 7.65. The van der Waals surface area contributed by atoms with E-state index in [2.05, 4.69) is 0 Å². The van der Waals surface area contributed by atoms with Gasteiger partial charge >= 0.3 is 0 Å². The number of benzene rings is 1. The van der Waals surface area contributed by atoms with Crippen molar-refractivity contribution in [2.45, 2.75) is 25.7 Å². The van der Waals surface area contributed by atoms with Gasteiger partial charge in [-0.1, -0.05) is 12.1 Å². The molecule has 1 N–H and O–H groups in total. The number of fused-ring (bicyclic) bond motifs is 1. The molecule has 0 bridgehead atoms. The summed E-state index contributed by atoms with van der Waals surface area (Å²) in [7, 11) is 0. The van der Waals surface area contributed by atoms with E-state index in [9.17, 15) is 5.11 Å². The Kier molecular flexibility index (Phi) is 1.70. The fraction of sp³-hybridized carbons (Fsp3) is 0.400. The first-order chi connectivity index (χ1) is 6.09. The van der Waals surface area contributed by atoms with Crippen molar-refractivity contribution in [1.82, 2.24) is 0 Å². The Morgan fingerprint density at radius 1 is 1.23 bits per heavy atom. The second-order valence-corrected chi connectivity index (χ2v) is 3.62. The molecular weight excluding hydrogens is 168 g/mol. The van der Waals surface area contributed by atoms with Crippen molar-refractivity contribution in [2.75, 3.05) is 0 Å². The Bertz CT molecular complexity index is 320. The molecule has 3 nitrogen and oxygen atoms in total. The summed E-state index contributed by atoms with van der Waals surface area (Å²) in [5, 5.41) is 9.54. The number of para-hydroxylation sites is 2. The van der Waals surface area contributed by atoms with Crippen LogP contribution in [0.25, 0.3) is 0 Å². The van der Waals surface area contributed by atoms with Gasteiger partial charge in [0.05, 0.1) is 0 Å². The molecule has 0 saturated heterocycles. The molecule has 0 spiro atoms. The van der Waals surface area contributed by atoms with Crippen LogP contribution < -0.4 is 9.47 Å². The van der Waals surface area contributed by atoms with E-state index in [0.717, 1.165) is 0 Å². The van der Waals surface area contributed by atoms with Gasteiger partial charge < -0.3 is 14.6 Å². The van der Waals surface area contributed by atoms with Crippen LogP contribution in [0.3, 0.4) is 0 Å². The molecule has 13 heavy (non-hydrogen) atoms. The third-order valence-corrected chi connectivity index (χ3v) is 2.06. The minimum absolute atomic E-state index is 0.592. The Morgan fingerprint density at radius 3 is 2.54 bits per heavy atom. The van der Waals surface area contributed by atoms with Gasteiger partial charge in [-0.25, -0.2) is 0 Å². The lowest BCUT2D eigenvalue weighted by Crippen LogP contribution is -2.48. The average molecular weight is 180 g/mol. The molecule has 1 aromatic carbocycles. The van der Waals surface area contributed by atoms with Crippen molar-refractivity contribution in [3.05, 3.63) is 24.3 Å². The fourth-order valence-corrected chi connectivity index (χ4v) is 1.23. The summed E-state index contributed by atoms with van der Waals surface area (Å²) in [6.07, 6.45) is -0.914. The molecular formula is C10H12O3. The van der Waals surface area contributed by atoms with E-state index < -0.39 is 11.9 Å². The number of hydrogen-bond acceptors (Lipinski definition) is 3. The summed E-state index contributed by atoms with van der Waals surface area (Å²) < 4.78 is 10.8. The summed E-state index contributed by atoms with van der Waals surface area (Å²) in [4.78, 5) is 0. The van der Waals surface area contributed by atoms with E-state index in [1.807, 2.05) is 18.2 Å². The smallest absolute Gasteiger partial charge is 0.237 e. The maximum absolute atomic E-state index is 9.54. The van der Waals surface area contributed by atoms with Gasteiger partial charge in [0.1, 0.15) is 0 Å². The van der Waals surface area contributed by atoms with Crippen LogP contribution in [-0.2, 0) is 0 Å². The molecule has 0 aromatic heterocycles. The van der Waals surface area contributed by atoms with Gasteiger partial charge in [-0.15, -0.1) is 0 Å². The van der Waals surface area contributed by atoms with Crippen molar-refractivity contribution in [1.29, 1.82) is 0 Å². The van der Waals surface area contributed by atoms with Crippen molar-refractivity contribution in [3.63, 3.8) is 0 Å². The molecule has 1 aromatic rings. The van der Waals surface area contributed by atoms with Crippen LogP contribution in [0.2, 0.25) is 0 Å². The van der Waals surface area contributed by atoms with Crippen LogP contribution in [0.15, 0.2) is 24.3 Å². The average Bonchev–Trinajstić information content (AvgIpc) is 2.06. The third-order valence-electron chi connectivity index (χ3n) is 2.06. The molecule has 1 atom stereocenters. The molecule has 2 rings (SSSR count). The monoisotopic (exact) mass is 180 g/mol. The Balaban J connectivity index is 2.39. The summed E-state index contributed by atoms with van der Waals surface area (Å²) in [5.41, 5.74) is -0.686. The topological polar surface area (TPSA) is 38.7 Å². The van der Waals surface area contributed by atoms with Crippen molar-refractivity contribution in [2.24, 2.45) is 0 Å². The standard InChI is InChI=1S/C10H12O3/c1-10(2)9(11)12-7-5-3-4-6-8(7)13-10/h3-6,9,11H,1-2H3/t9-/m0/s1. The van der Waals surface area contributed by atoms with Crippen LogP contribution in [0, 0.1) is 0 Å². The number of ether oxygens (including phenoxy) is 2. The first kappa shape index (κ1) is 8.38. The second-order valence-electron chi connectivity index (χ2n) is 3.62. The summed E-state index contributed by atoms with van der Waals surface area (Å²) in [6.45, 7) is 3.57. The Labute approximate surface area is 76.9 Å². The van der Waals surface area contributed by atoms with Gasteiger partial charge in [0, 0.05) is 0 Å². The van der Waals surface area contributed by atoms with Crippen molar-refractivity contribution >= 4 is 0 Å². The molecule has 0 saturated carbocycles. The number of aliphatic hydroxyl groups excluding tert-OH is 1. The largest absolute Gasteiger partial charge is 0.477 e. The highest BCUT2D eigenvalue weighted by molar-refractivity contribution is 5.41. The predicted octanol–water partition coefficient (Wildman–Crippen LogP) is 1.55. The number of hydrogen-bond donors (Lipinski definition) is 1. The van der Waals surface area contributed by atoms with Crippen LogP contribution in [0.4, 0.5) is 0 Å². The third kappa shape index (κ3) is 1.35. The quantitative estimate of drug-likeness (QED) is 0.658. The van der Waals surface area contributed by atoms with Gasteiger partial charge in [0.2, 0.25) is 6.29 Å². The van der Waals surface area contributed by atoms with E-state index in [0.29, 0.717) is 11.5 Å². The normalized spacial score (nSPS) is 24.1. The molecule has 1 aliphatic heterocycles. The van der Waals surface area contributed by atoms with Gasteiger partial charge in [-0.2, -0.15) is 0 Å². The van der Waals surface area contributed by atoms with Crippen LogP contribution in [-0.4, -0.2) is 17.0 Å². The molecule has 1 aliphatic rings. The maximum Gasteiger partial charge on any atom is 0.237 e. The highest BCUT2D eigenvalue weighted by atomic mass is 16.7. The lowest BCUT2D eigenvalue weighted by Gasteiger charge is -2.36. The summed E-state index contributed by atoms with van der Waals surface area (Å²) >= 11 is 0. The van der Waals surface area contributed by atoms with Crippen molar-refractivity contribution < 1.29 is 14.6 Å². The second kappa shape index (κ2) is 2.64. The summed E-state index contributed by atoms with van der Waals surface area (Å²) in [6, 6.07) is 7.31. The highest BCUT2D eigenvalue weighted by Crippen LogP contribution is 2.36. The SMILES string of the molecule is CC1(C)Oc2ccccc2O[C@@H]1O. The minimum atomic E-state index is -0.914. The van der Waals surface area contributed by atoms with E-state index in [1.54, 1.807) is 19.9 Å². The molecule has 1 heterocycles. The molecule has 70 valence electrons. The Morgan fingerprint density at radius 2 is 1.85 bits per heavy atom.